The fraction of sp³-hybridized carbons (Fsp3) is 0.240. The molecule has 2 heterocycles. The minimum absolute atomic E-state index is 0.180. The van der Waals surface area contributed by atoms with Crippen molar-refractivity contribution >= 4 is 17.0 Å². The minimum atomic E-state index is -0.811. The number of benzene rings is 2. The van der Waals surface area contributed by atoms with Crippen LogP contribution in [0.25, 0.3) is 33.4 Å². The normalized spacial score (nSPS) is 12.1. The lowest BCUT2D eigenvalue weighted by Crippen LogP contribution is -2.29. The number of fused-ring (bicyclic) bond motifs is 1. The fourth-order valence-electron chi connectivity index (χ4n) is 3.74. The van der Waals surface area contributed by atoms with E-state index in [2.05, 4.69) is 10.1 Å². The lowest BCUT2D eigenvalue weighted by atomic mass is 9.98. The number of carbonyl (C=O) groups is 1. The van der Waals surface area contributed by atoms with Gasteiger partial charge in [-0.2, -0.15) is 0 Å². The van der Waals surface area contributed by atoms with E-state index >= 15 is 0 Å². The Hall–Kier alpha value is -3.87. The molecule has 2 N–H and O–H groups in total. The van der Waals surface area contributed by atoms with Crippen LogP contribution in [0.1, 0.15) is 20.3 Å². The molecular formula is C25H25N3O4. The molecule has 1 atom stereocenters. The average Bonchev–Trinajstić information content (AvgIpc) is 3.31. The molecule has 7 nitrogen and oxygen atoms in total. The fourth-order valence-corrected chi connectivity index (χ4v) is 3.74. The molecule has 32 heavy (non-hydrogen) atoms. The summed E-state index contributed by atoms with van der Waals surface area (Å²) >= 11 is 0. The molecule has 7 heteroatoms. The van der Waals surface area contributed by atoms with Gasteiger partial charge < -0.3 is 19.7 Å². The predicted molar refractivity (Wildman–Crippen MR) is 122 cm³/mol. The van der Waals surface area contributed by atoms with Crippen LogP contribution >= 0.6 is 0 Å². The van der Waals surface area contributed by atoms with Crippen molar-refractivity contribution in [3.8, 4) is 28.2 Å². The van der Waals surface area contributed by atoms with Crippen molar-refractivity contribution in [2.24, 2.45) is 11.7 Å². The van der Waals surface area contributed by atoms with Crippen LogP contribution in [0.4, 0.5) is 4.79 Å². The number of primary amides is 1. The lowest BCUT2D eigenvalue weighted by molar-refractivity contribution is 0.0592. The highest BCUT2D eigenvalue weighted by Gasteiger charge is 2.18. The summed E-state index contributed by atoms with van der Waals surface area (Å²) in [6, 6.07) is 17.7. The Kier molecular flexibility index (Phi) is 6.35. The topological polar surface area (TPSA) is 100 Å². The maximum absolute atomic E-state index is 11.3. The maximum Gasteiger partial charge on any atom is 0.404 e. The van der Waals surface area contributed by atoms with Crippen molar-refractivity contribution in [1.29, 1.82) is 0 Å². The molecule has 4 rings (SSSR count). The number of pyridine rings is 1. The molecule has 164 valence electrons. The summed E-state index contributed by atoms with van der Waals surface area (Å²) in [7, 11) is 0. The zero-order valence-electron chi connectivity index (χ0n) is 18.0. The number of nitrogens with two attached hydrogens (primary N) is 1. The zero-order valence-corrected chi connectivity index (χ0v) is 18.0. The van der Waals surface area contributed by atoms with Gasteiger partial charge in [0.2, 0.25) is 0 Å². The summed E-state index contributed by atoms with van der Waals surface area (Å²) in [6.45, 7) is 4.27. The first-order valence-electron chi connectivity index (χ1n) is 10.5. The van der Waals surface area contributed by atoms with E-state index < -0.39 is 12.2 Å². The molecule has 0 bridgehead atoms. The summed E-state index contributed by atoms with van der Waals surface area (Å²) in [5.74, 6) is 1.50. The molecule has 2 aromatic carbocycles. The lowest BCUT2D eigenvalue weighted by Gasteiger charge is -2.20. The van der Waals surface area contributed by atoms with E-state index in [1.54, 1.807) is 18.5 Å². The largest absolute Gasteiger partial charge is 0.489 e. The highest BCUT2D eigenvalue weighted by atomic mass is 16.6. The molecule has 0 aliphatic rings. The van der Waals surface area contributed by atoms with Crippen LogP contribution in [0.3, 0.4) is 0 Å². The Morgan fingerprint density at radius 1 is 1.06 bits per heavy atom. The summed E-state index contributed by atoms with van der Waals surface area (Å²) in [5, 5.41) is 4.89. The van der Waals surface area contributed by atoms with Crippen LogP contribution in [-0.2, 0) is 4.74 Å². The van der Waals surface area contributed by atoms with Gasteiger partial charge in [0.05, 0.1) is 17.3 Å². The van der Waals surface area contributed by atoms with E-state index in [0.29, 0.717) is 23.8 Å². The van der Waals surface area contributed by atoms with E-state index in [1.807, 2.05) is 62.4 Å². The minimum Gasteiger partial charge on any atom is -0.489 e. The van der Waals surface area contributed by atoms with Gasteiger partial charge in [-0.05, 0) is 47.7 Å². The second-order valence-corrected chi connectivity index (χ2v) is 7.96. The van der Waals surface area contributed by atoms with Crippen molar-refractivity contribution in [1.82, 2.24) is 10.1 Å². The van der Waals surface area contributed by atoms with E-state index in [-0.39, 0.29) is 6.61 Å². The Morgan fingerprint density at radius 3 is 2.66 bits per heavy atom. The first-order valence-corrected chi connectivity index (χ1v) is 10.5. The van der Waals surface area contributed by atoms with E-state index in [4.69, 9.17) is 19.7 Å². The molecule has 0 saturated carbocycles. The number of amides is 1. The van der Waals surface area contributed by atoms with Gasteiger partial charge in [-0.3, -0.25) is 4.98 Å². The van der Waals surface area contributed by atoms with Crippen LogP contribution in [0.2, 0.25) is 0 Å². The molecule has 1 amide bonds. The summed E-state index contributed by atoms with van der Waals surface area (Å²) in [5.41, 5.74) is 8.95. The van der Waals surface area contributed by atoms with Crippen molar-refractivity contribution < 1.29 is 18.8 Å². The van der Waals surface area contributed by atoms with Crippen LogP contribution in [0.15, 0.2) is 71.5 Å². The van der Waals surface area contributed by atoms with Gasteiger partial charge in [-0.15, -0.1) is 0 Å². The first-order chi connectivity index (χ1) is 15.5. The molecule has 0 aliphatic carbocycles. The monoisotopic (exact) mass is 431 g/mol. The van der Waals surface area contributed by atoms with E-state index in [9.17, 15) is 4.79 Å². The second kappa shape index (κ2) is 9.51. The van der Waals surface area contributed by atoms with Crippen molar-refractivity contribution in [3.05, 3.63) is 67.0 Å². The van der Waals surface area contributed by atoms with Crippen LogP contribution in [0.5, 0.6) is 5.75 Å². The third-order valence-corrected chi connectivity index (χ3v) is 5.08. The molecule has 0 fully saturated rings. The summed E-state index contributed by atoms with van der Waals surface area (Å²) < 4.78 is 16.7. The molecule has 2 aromatic heterocycles. The molecule has 0 saturated heterocycles. The smallest absolute Gasteiger partial charge is 0.404 e. The summed E-state index contributed by atoms with van der Waals surface area (Å²) in [6.07, 6.45) is 2.77. The van der Waals surface area contributed by atoms with Crippen molar-refractivity contribution in [2.45, 2.75) is 26.4 Å². The number of aromatic nitrogens is 2. The standard InChI is InChI=1S/C25H25N3O4/c1-16(2)13-18(31-25(26)29)15-30-23-8-7-17(14-21(23)24-10-12-28-32-24)19-9-11-27-22-6-4-3-5-20(19)22/h3-12,14,16,18H,13,15H2,1-2H3,(H2,26,29). The molecule has 0 spiro atoms. The van der Waals surface area contributed by atoms with Gasteiger partial charge in [0.15, 0.2) is 5.76 Å². The van der Waals surface area contributed by atoms with Gasteiger partial charge >= 0.3 is 6.09 Å². The van der Waals surface area contributed by atoms with Crippen LogP contribution in [0, 0.1) is 5.92 Å². The Morgan fingerprint density at radius 2 is 1.91 bits per heavy atom. The highest BCUT2D eigenvalue weighted by molar-refractivity contribution is 5.95. The highest BCUT2D eigenvalue weighted by Crippen LogP contribution is 2.36. The molecule has 0 radical (unpaired) electrons. The second-order valence-electron chi connectivity index (χ2n) is 7.96. The molecule has 4 aromatic rings. The van der Waals surface area contributed by atoms with Crippen LogP contribution < -0.4 is 10.5 Å². The van der Waals surface area contributed by atoms with Crippen LogP contribution in [-0.4, -0.2) is 28.9 Å². The quantitative estimate of drug-likeness (QED) is 0.398. The number of ether oxygens (including phenoxy) is 2. The Bertz CT molecular complexity index is 1200. The molecule has 1 unspecified atom stereocenters. The van der Waals surface area contributed by atoms with E-state index in [1.165, 1.54) is 0 Å². The number of hydrogen-bond acceptors (Lipinski definition) is 6. The van der Waals surface area contributed by atoms with Gasteiger partial charge in [0.1, 0.15) is 18.5 Å². The predicted octanol–water partition coefficient (Wildman–Crippen LogP) is 5.45. The number of hydrogen-bond donors (Lipinski definition) is 1. The molecular weight excluding hydrogens is 406 g/mol. The number of carbonyl (C=O) groups excluding carboxylic acids is 1. The van der Waals surface area contributed by atoms with Gasteiger partial charge in [0, 0.05) is 17.6 Å². The summed E-state index contributed by atoms with van der Waals surface area (Å²) in [4.78, 5) is 15.7. The van der Waals surface area contributed by atoms with Crippen molar-refractivity contribution in [3.63, 3.8) is 0 Å². The average molecular weight is 431 g/mol. The van der Waals surface area contributed by atoms with E-state index in [0.717, 1.165) is 27.6 Å². The number of para-hydroxylation sites is 1. The van der Waals surface area contributed by atoms with Gasteiger partial charge in [-0.1, -0.05) is 43.3 Å². The molecule has 0 aliphatic heterocycles. The van der Waals surface area contributed by atoms with Crippen molar-refractivity contribution in [2.75, 3.05) is 6.61 Å². The maximum atomic E-state index is 11.3. The Balaban J connectivity index is 1.69. The third kappa shape index (κ3) is 4.88. The zero-order chi connectivity index (χ0) is 22.5. The SMILES string of the molecule is CC(C)CC(COc1ccc(-c2ccnc3ccccc23)cc1-c1ccno1)OC(N)=O. The number of rotatable bonds is 8. The third-order valence-electron chi connectivity index (χ3n) is 5.08. The Labute approximate surface area is 186 Å². The first kappa shape index (κ1) is 21.4. The van der Waals surface area contributed by atoms with Gasteiger partial charge in [0.25, 0.3) is 0 Å². The van der Waals surface area contributed by atoms with Gasteiger partial charge in [-0.25, -0.2) is 4.79 Å². The number of nitrogens with zero attached hydrogens (tertiary/aromatic N) is 2.